The number of Topliss-reactive ketones (excluding diaryl/α,β-unsaturated/α-hetero) is 1. The van der Waals surface area contributed by atoms with Crippen LogP contribution in [0.4, 0.5) is 0 Å². The Kier molecular flexibility index (Phi) is 16.2. The summed E-state index contributed by atoms with van der Waals surface area (Å²) < 4.78 is 3.88. The number of aliphatic hydroxyl groups excluding tert-OH is 1. The quantitative estimate of drug-likeness (QED) is 0.0514. The number of aromatic amines is 1. The first-order chi connectivity index (χ1) is 33.7. The topological polar surface area (TPSA) is 197 Å². The fourth-order valence-electron chi connectivity index (χ4n) is 9.91. The van der Waals surface area contributed by atoms with Gasteiger partial charge in [-0.15, -0.1) is 11.3 Å². The molecule has 0 saturated carbocycles. The van der Waals surface area contributed by atoms with Crippen LogP contribution in [0.3, 0.4) is 0 Å². The molecule has 1 unspecified atom stereocenters. The van der Waals surface area contributed by atoms with Crippen LogP contribution in [0.15, 0.2) is 83.5 Å². The highest BCUT2D eigenvalue weighted by atomic mass is 32.1. The summed E-state index contributed by atoms with van der Waals surface area (Å²) in [5.41, 5.74) is 7.61. The van der Waals surface area contributed by atoms with Crippen LogP contribution in [-0.4, -0.2) is 87.3 Å². The maximum atomic E-state index is 14.1. The molecule has 3 amide bonds. The van der Waals surface area contributed by atoms with Gasteiger partial charge in [0.15, 0.2) is 5.65 Å². The van der Waals surface area contributed by atoms with Gasteiger partial charge in [-0.3, -0.25) is 28.7 Å². The fraction of sp³-hybridized carbons (Fsp3) is 0.481. The van der Waals surface area contributed by atoms with Crippen molar-refractivity contribution in [1.82, 2.24) is 44.6 Å². The lowest BCUT2D eigenvalue weighted by molar-refractivity contribution is -0.146. The predicted octanol–water partition coefficient (Wildman–Crippen LogP) is 8.18. The van der Waals surface area contributed by atoms with Crippen molar-refractivity contribution >= 4 is 46.0 Å². The third-order valence-electron chi connectivity index (χ3n) is 14.0. The van der Waals surface area contributed by atoms with Crippen LogP contribution < -0.4 is 16.3 Å². The summed E-state index contributed by atoms with van der Waals surface area (Å²) in [6.45, 7) is 9.60. The lowest BCUT2D eigenvalue weighted by atomic mass is 9.76. The molecule has 1 fully saturated rings. The number of H-pyrrole nitrogens is 1. The van der Waals surface area contributed by atoms with Crippen molar-refractivity contribution in [2.45, 2.75) is 149 Å². The number of aliphatic hydroxyl groups is 1. The molecule has 4 atom stereocenters. The molecule has 0 aliphatic carbocycles. The van der Waals surface area contributed by atoms with Crippen molar-refractivity contribution in [2.75, 3.05) is 6.54 Å². The van der Waals surface area contributed by atoms with E-state index < -0.39 is 23.5 Å². The first-order valence-corrected chi connectivity index (χ1v) is 25.9. The van der Waals surface area contributed by atoms with E-state index in [0.29, 0.717) is 37.1 Å². The van der Waals surface area contributed by atoms with E-state index in [4.69, 9.17) is 0 Å². The van der Waals surface area contributed by atoms with Crippen LogP contribution in [0.1, 0.15) is 125 Å². The number of thiazole rings is 1. The van der Waals surface area contributed by atoms with E-state index in [1.165, 1.54) is 4.90 Å². The van der Waals surface area contributed by atoms with E-state index in [-0.39, 0.29) is 54.6 Å². The summed E-state index contributed by atoms with van der Waals surface area (Å²) in [6.07, 6.45) is 14.6. The van der Waals surface area contributed by atoms with Crippen LogP contribution >= 0.6 is 11.3 Å². The van der Waals surface area contributed by atoms with Gasteiger partial charge in [-0.25, -0.2) is 19.7 Å². The second kappa shape index (κ2) is 22.7. The number of nitrogens with one attached hydrogen (secondary N) is 3. The van der Waals surface area contributed by atoms with Crippen LogP contribution in [0.5, 0.6) is 0 Å². The maximum Gasteiger partial charge on any atom is 0.327 e. The fourth-order valence-corrected chi connectivity index (χ4v) is 10.7. The smallest absolute Gasteiger partial charge is 0.327 e. The molecular formula is C54H67N9O6S. The summed E-state index contributed by atoms with van der Waals surface area (Å²) in [4.78, 5) is 86.0. The first-order valence-electron chi connectivity index (χ1n) is 25.0. The van der Waals surface area contributed by atoms with E-state index in [1.54, 1.807) is 28.3 Å². The van der Waals surface area contributed by atoms with Crippen LogP contribution in [0, 0.1) is 18.3 Å². The minimum Gasteiger partial charge on any atom is -0.391 e. The average molecular weight is 970 g/mol. The maximum absolute atomic E-state index is 14.1. The first kappa shape index (κ1) is 50.1. The van der Waals surface area contributed by atoms with Gasteiger partial charge in [0.1, 0.15) is 17.6 Å². The number of fused-ring (bicyclic) bond motifs is 2. The van der Waals surface area contributed by atoms with E-state index in [1.807, 2.05) is 94.0 Å². The molecule has 15 nitrogen and oxygen atoms in total. The molecule has 16 heteroatoms. The van der Waals surface area contributed by atoms with E-state index in [0.717, 1.165) is 108 Å². The number of carbonyl (C=O) groups excluding carboxylic acids is 4. The Balaban J connectivity index is 0.735. The molecule has 6 aromatic rings. The number of ketones is 1. The Morgan fingerprint density at radius 2 is 1.67 bits per heavy atom. The Bertz CT molecular complexity index is 2840. The average Bonchev–Trinajstić information content (AvgIpc) is 4.16. The lowest BCUT2D eigenvalue weighted by Gasteiger charge is -2.34. The van der Waals surface area contributed by atoms with Crippen molar-refractivity contribution in [1.29, 1.82) is 0 Å². The standard InChI is InChI=1S/C54H67N9O6S/c1-35-48(70-34-58-35)37-19-17-36(18-20-37)31-57-51(67)46-30-43(65)33-63(46)52(68)44(54(2,3)4)29-42(64)16-11-9-7-5-6-8-10-12-23-62-45-27-40(32-56-49(45)60-53(62)69)38-14-13-15-39(26-38)50(66)59-41-21-24-61-25-22-55-47(61)28-41/h13-15,17-20,22,25-27,32,34,41,43-44,46,65H,5-12,16,21,23-24,28-31,33H2,1-4H3,(H,57,67)(H,59,66)(H,56,60,69)/t41?,43-,44-,46+/m0/s1. The number of carbonyl (C=O) groups is 4. The van der Waals surface area contributed by atoms with Gasteiger partial charge < -0.3 is 25.2 Å². The van der Waals surface area contributed by atoms with Crippen molar-refractivity contribution < 1.29 is 24.3 Å². The molecule has 6 heterocycles. The number of pyridine rings is 1. The SMILES string of the molecule is Cc1ncsc1-c1ccc(CNC(=O)[C@H]2C[C@H](O)CN2C(=O)[C@H](CC(=O)CCCCCCCCCCn2c(=O)[nH]c3ncc(-c4cccc(C(=O)NC5CCn6ccnc6C5)c4)cc32)C(C)(C)C)cc1. The van der Waals surface area contributed by atoms with Gasteiger partial charge in [-0.05, 0) is 66.5 Å². The van der Waals surface area contributed by atoms with Gasteiger partial charge in [-0.2, -0.15) is 0 Å². The van der Waals surface area contributed by atoms with Crippen molar-refractivity contribution in [3.05, 3.63) is 112 Å². The van der Waals surface area contributed by atoms with Crippen molar-refractivity contribution in [3.63, 3.8) is 0 Å². The van der Waals surface area contributed by atoms with Gasteiger partial charge in [0, 0.05) is 93.5 Å². The highest BCUT2D eigenvalue weighted by Crippen LogP contribution is 2.34. The molecule has 2 aliphatic heterocycles. The van der Waals surface area contributed by atoms with Gasteiger partial charge in [0.25, 0.3) is 5.91 Å². The van der Waals surface area contributed by atoms with Crippen molar-refractivity contribution in [3.8, 4) is 21.6 Å². The molecule has 2 aromatic carbocycles. The molecule has 70 heavy (non-hydrogen) atoms. The lowest BCUT2D eigenvalue weighted by Crippen LogP contribution is -2.50. The highest BCUT2D eigenvalue weighted by Gasteiger charge is 2.44. The molecule has 4 N–H and O–H groups in total. The number of nitrogens with zero attached hydrogens (tertiary/aromatic N) is 6. The van der Waals surface area contributed by atoms with E-state index >= 15 is 0 Å². The van der Waals surface area contributed by atoms with Gasteiger partial charge >= 0.3 is 5.69 Å². The normalized spacial score (nSPS) is 17.4. The number of hydrogen-bond acceptors (Lipinski definition) is 10. The number of β-amino-alcohol motifs (C(OH)–C–C–N with tert-alkyl or cyclic N) is 1. The number of hydrogen-bond donors (Lipinski definition) is 4. The Labute approximate surface area is 413 Å². The van der Waals surface area contributed by atoms with Crippen LogP contribution in [-0.2, 0) is 40.4 Å². The zero-order valence-electron chi connectivity index (χ0n) is 40.9. The molecule has 370 valence electrons. The predicted molar refractivity (Wildman–Crippen MR) is 272 cm³/mol. The Morgan fingerprint density at radius 1 is 0.914 bits per heavy atom. The van der Waals surface area contributed by atoms with Crippen LogP contribution in [0.2, 0.25) is 0 Å². The van der Waals surface area contributed by atoms with E-state index in [2.05, 4.69) is 35.1 Å². The van der Waals surface area contributed by atoms with Gasteiger partial charge in [0.05, 0.1) is 27.7 Å². The zero-order valence-corrected chi connectivity index (χ0v) is 41.7. The molecule has 1 saturated heterocycles. The number of likely N-dealkylation sites (tertiary alicyclic amines) is 1. The summed E-state index contributed by atoms with van der Waals surface area (Å²) in [5, 5.41) is 16.8. The number of imidazole rings is 2. The Hall–Kier alpha value is -6.26. The monoisotopic (exact) mass is 969 g/mol. The van der Waals surface area contributed by atoms with Crippen LogP contribution in [0.25, 0.3) is 32.7 Å². The molecular weight excluding hydrogens is 903 g/mol. The molecule has 2 aliphatic rings. The van der Waals surface area contributed by atoms with Gasteiger partial charge in [-0.1, -0.05) is 95.7 Å². The van der Waals surface area contributed by atoms with Gasteiger partial charge in [0.2, 0.25) is 11.8 Å². The number of unbranched alkanes of at least 4 members (excludes halogenated alkanes) is 7. The third-order valence-corrected chi connectivity index (χ3v) is 15.0. The molecule has 4 aromatic heterocycles. The second-order valence-corrected chi connectivity index (χ2v) is 21.1. The molecule has 0 bridgehead atoms. The number of rotatable bonds is 21. The molecule has 0 radical (unpaired) electrons. The highest BCUT2D eigenvalue weighted by molar-refractivity contribution is 7.13. The number of amides is 3. The number of aryl methyl sites for hydroxylation is 3. The third kappa shape index (κ3) is 12.4. The second-order valence-electron chi connectivity index (χ2n) is 20.3. The summed E-state index contributed by atoms with van der Waals surface area (Å²) >= 11 is 1.59. The summed E-state index contributed by atoms with van der Waals surface area (Å²) in [7, 11) is 0. The van der Waals surface area contributed by atoms with Crippen molar-refractivity contribution in [2.24, 2.45) is 11.3 Å². The number of aromatic nitrogens is 6. The summed E-state index contributed by atoms with van der Waals surface area (Å²) in [6, 6.07) is 16.7. The minimum absolute atomic E-state index is 0.0260. The number of benzene rings is 2. The molecule has 0 spiro atoms. The minimum atomic E-state index is -0.813. The summed E-state index contributed by atoms with van der Waals surface area (Å²) in [5.74, 6) is -0.277. The Morgan fingerprint density at radius 3 is 2.41 bits per heavy atom. The molecule has 8 rings (SSSR count). The zero-order chi connectivity index (χ0) is 49.4. The largest absolute Gasteiger partial charge is 0.391 e. The van der Waals surface area contributed by atoms with E-state index in [9.17, 15) is 29.1 Å².